The SMILES string of the molecule is Cn1c(=O)oc2ccc(CNC(=O)Nc3ccccc3)cc21. The smallest absolute Gasteiger partial charge is 0.408 e. The molecule has 1 aromatic heterocycles. The monoisotopic (exact) mass is 297 g/mol. The van der Waals surface area contributed by atoms with Crippen LogP contribution < -0.4 is 16.4 Å². The molecule has 3 rings (SSSR count). The fraction of sp³-hybridized carbons (Fsp3) is 0.125. The van der Waals surface area contributed by atoms with Crippen LogP contribution in [0.4, 0.5) is 10.5 Å². The van der Waals surface area contributed by atoms with Crippen molar-refractivity contribution in [2.24, 2.45) is 7.05 Å². The predicted octanol–water partition coefficient (Wildman–Crippen LogP) is 2.45. The number of amides is 2. The number of carbonyl (C=O) groups excluding carboxylic acids is 1. The molecule has 0 fully saturated rings. The number of nitrogens with one attached hydrogen (secondary N) is 2. The number of hydrogen-bond acceptors (Lipinski definition) is 3. The Balaban J connectivity index is 1.67. The van der Waals surface area contributed by atoms with Gasteiger partial charge in [-0.05, 0) is 29.8 Å². The van der Waals surface area contributed by atoms with Crippen molar-refractivity contribution in [2.45, 2.75) is 6.54 Å². The number of aryl methyl sites for hydroxylation is 1. The largest absolute Gasteiger partial charge is 0.419 e. The average Bonchev–Trinajstić information content (AvgIpc) is 2.81. The van der Waals surface area contributed by atoms with E-state index in [0.29, 0.717) is 17.6 Å². The lowest BCUT2D eigenvalue weighted by atomic mass is 10.2. The van der Waals surface area contributed by atoms with Crippen molar-refractivity contribution in [1.82, 2.24) is 9.88 Å². The van der Waals surface area contributed by atoms with Gasteiger partial charge >= 0.3 is 11.8 Å². The topological polar surface area (TPSA) is 76.3 Å². The highest BCUT2D eigenvalue weighted by molar-refractivity contribution is 5.89. The average molecular weight is 297 g/mol. The second kappa shape index (κ2) is 5.77. The van der Waals surface area contributed by atoms with Gasteiger partial charge in [-0.15, -0.1) is 0 Å². The molecule has 0 atom stereocenters. The van der Waals surface area contributed by atoms with Gasteiger partial charge in [-0.1, -0.05) is 24.3 Å². The summed E-state index contributed by atoms with van der Waals surface area (Å²) in [6, 6.07) is 14.3. The van der Waals surface area contributed by atoms with Crippen LogP contribution in [0.15, 0.2) is 57.7 Å². The zero-order chi connectivity index (χ0) is 15.5. The molecule has 6 heteroatoms. The molecule has 3 aromatic rings. The molecule has 2 amide bonds. The van der Waals surface area contributed by atoms with E-state index in [1.807, 2.05) is 42.5 Å². The minimum absolute atomic E-state index is 0.285. The molecule has 0 saturated heterocycles. The maximum atomic E-state index is 11.8. The van der Waals surface area contributed by atoms with Crippen LogP contribution in [0.1, 0.15) is 5.56 Å². The third kappa shape index (κ3) is 2.85. The maximum absolute atomic E-state index is 11.8. The Morgan fingerprint density at radius 1 is 1.18 bits per heavy atom. The van der Waals surface area contributed by atoms with Gasteiger partial charge in [0.2, 0.25) is 0 Å². The van der Waals surface area contributed by atoms with Gasteiger partial charge < -0.3 is 15.1 Å². The minimum Gasteiger partial charge on any atom is -0.408 e. The Bertz CT molecular complexity index is 865. The van der Waals surface area contributed by atoms with E-state index in [1.165, 1.54) is 4.57 Å². The van der Waals surface area contributed by atoms with Gasteiger partial charge in [0.25, 0.3) is 0 Å². The normalized spacial score (nSPS) is 10.6. The summed E-state index contributed by atoms with van der Waals surface area (Å²) in [6.07, 6.45) is 0. The number of aromatic nitrogens is 1. The van der Waals surface area contributed by atoms with Crippen LogP contribution in [0.25, 0.3) is 11.1 Å². The molecule has 2 aromatic carbocycles. The molecule has 0 aliphatic heterocycles. The summed E-state index contributed by atoms with van der Waals surface area (Å²) in [4.78, 5) is 23.3. The zero-order valence-corrected chi connectivity index (χ0v) is 12.0. The van der Waals surface area contributed by atoms with E-state index >= 15 is 0 Å². The number of oxazole rings is 1. The molecule has 0 unspecified atom stereocenters. The van der Waals surface area contributed by atoms with Crippen molar-refractivity contribution in [3.8, 4) is 0 Å². The van der Waals surface area contributed by atoms with Crippen molar-refractivity contribution < 1.29 is 9.21 Å². The summed E-state index contributed by atoms with van der Waals surface area (Å²) >= 11 is 0. The molecule has 112 valence electrons. The fourth-order valence-electron chi connectivity index (χ4n) is 2.16. The van der Waals surface area contributed by atoms with E-state index in [1.54, 1.807) is 13.1 Å². The van der Waals surface area contributed by atoms with E-state index in [9.17, 15) is 9.59 Å². The first-order chi connectivity index (χ1) is 10.6. The number of rotatable bonds is 3. The van der Waals surface area contributed by atoms with Gasteiger partial charge in [-0.3, -0.25) is 4.57 Å². The minimum atomic E-state index is -0.401. The molecule has 0 radical (unpaired) electrons. The van der Waals surface area contributed by atoms with Crippen molar-refractivity contribution in [1.29, 1.82) is 0 Å². The van der Waals surface area contributed by atoms with Gasteiger partial charge in [0, 0.05) is 19.3 Å². The number of fused-ring (bicyclic) bond motifs is 1. The lowest BCUT2D eigenvalue weighted by Crippen LogP contribution is -2.28. The van der Waals surface area contributed by atoms with E-state index in [0.717, 1.165) is 11.3 Å². The Hall–Kier alpha value is -3.02. The number of benzene rings is 2. The zero-order valence-electron chi connectivity index (χ0n) is 12.0. The highest BCUT2D eigenvalue weighted by atomic mass is 16.4. The first-order valence-corrected chi connectivity index (χ1v) is 6.82. The van der Waals surface area contributed by atoms with Crippen LogP contribution in [0.3, 0.4) is 0 Å². The first kappa shape index (κ1) is 13.9. The van der Waals surface area contributed by atoms with E-state index in [2.05, 4.69) is 10.6 Å². The van der Waals surface area contributed by atoms with Crippen LogP contribution in [0, 0.1) is 0 Å². The lowest BCUT2D eigenvalue weighted by molar-refractivity contribution is 0.251. The molecule has 6 nitrogen and oxygen atoms in total. The van der Waals surface area contributed by atoms with Crippen molar-refractivity contribution >= 4 is 22.8 Å². The number of carbonyl (C=O) groups is 1. The van der Waals surface area contributed by atoms with Crippen molar-refractivity contribution in [3.63, 3.8) is 0 Å². The third-order valence-electron chi connectivity index (χ3n) is 3.34. The van der Waals surface area contributed by atoms with E-state index in [-0.39, 0.29) is 6.03 Å². The number of urea groups is 1. The van der Waals surface area contributed by atoms with Crippen LogP contribution in [-0.2, 0) is 13.6 Å². The summed E-state index contributed by atoms with van der Waals surface area (Å²) in [6.45, 7) is 0.355. The van der Waals surface area contributed by atoms with Crippen LogP contribution in [0.2, 0.25) is 0 Å². The van der Waals surface area contributed by atoms with Gasteiger partial charge in [0.15, 0.2) is 5.58 Å². The van der Waals surface area contributed by atoms with Crippen LogP contribution >= 0.6 is 0 Å². The Morgan fingerprint density at radius 3 is 2.73 bits per heavy atom. The fourth-order valence-corrected chi connectivity index (χ4v) is 2.16. The molecule has 0 aliphatic carbocycles. The van der Waals surface area contributed by atoms with E-state index in [4.69, 9.17) is 4.42 Å². The Kier molecular flexibility index (Phi) is 3.65. The van der Waals surface area contributed by atoms with Gasteiger partial charge in [-0.2, -0.15) is 0 Å². The van der Waals surface area contributed by atoms with Gasteiger partial charge in [0.05, 0.1) is 5.52 Å². The molecule has 0 bridgehead atoms. The Morgan fingerprint density at radius 2 is 1.95 bits per heavy atom. The lowest BCUT2D eigenvalue weighted by Gasteiger charge is -2.07. The summed E-state index contributed by atoms with van der Waals surface area (Å²) < 4.78 is 6.50. The highest BCUT2D eigenvalue weighted by Gasteiger charge is 2.07. The third-order valence-corrected chi connectivity index (χ3v) is 3.34. The summed E-state index contributed by atoms with van der Waals surface area (Å²) in [7, 11) is 1.65. The van der Waals surface area contributed by atoms with Crippen molar-refractivity contribution in [3.05, 3.63) is 64.6 Å². The molecular formula is C16H15N3O3. The highest BCUT2D eigenvalue weighted by Crippen LogP contribution is 2.14. The van der Waals surface area contributed by atoms with Crippen molar-refractivity contribution in [2.75, 3.05) is 5.32 Å². The summed E-state index contributed by atoms with van der Waals surface area (Å²) in [5, 5.41) is 5.51. The second-order valence-corrected chi connectivity index (χ2v) is 4.90. The summed E-state index contributed by atoms with van der Waals surface area (Å²) in [5.41, 5.74) is 2.84. The second-order valence-electron chi connectivity index (χ2n) is 4.90. The molecule has 1 heterocycles. The Labute approximate surface area is 126 Å². The number of para-hydroxylation sites is 1. The molecule has 22 heavy (non-hydrogen) atoms. The predicted molar refractivity (Wildman–Crippen MR) is 83.8 cm³/mol. The number of nitrogens with zero attached hydrogens (tertiary/aromatic N) is 1. The van der Waals surface area contributed by atoms with Gasteiger partial charge in [-0.25, -0.2) is 9.59 Å². The first-order valence-electron chi connectivity index (χ1n) is 6.82. The van der Waals surface area contributed by atoms with Gasteiger partial charge in [0.1, 0.15) is 0 Å². The molecule has 0 saturated carbocycles. The summed E-state index contributed by atoms with van der Waals surface area (Å²) in [5.74, 6) is -0.401. The number of anilines is 1. The maximum Gasteiger partial charge on any atom is 0.419 e. The van der Waals surface area contributed by atoms with Crippen LogP contribution in [-0.4, -0.2) is 10.6 Å². The standard InChI is InChI=1S/C16H15N3O3/c1-19-13-9-11(7-8-14(13)22-16(19)21)10-17-15(20)18-12-5-3-2-4-6-12/h2-9H,10H2,1H3,(H2,17,18,20). The molecule has 0 spiro atoms. The molecular weight excluding hydrogens is 282 g/mol. The number of hydrogen-bond donors (Lipinski definition) is 2. The van der Waals surface area contributed by atoms with E-state index < -0.39 is 5.76 Å². The molecule has 2 N–H and O–H groups in total. The quantitative estimate of drug-likeness (QED) is 0.779. The molecule has 0 aliphatic rings. The van der Waals surface area contributed by atoms with Crippen LogP contribution in [0.5, 0.6) is 0 Å².